The van der Waals surface area contributed by atoms with Crippen molar-refractivity contribution in [2.75, 3.05) is 0 Å². The van der Waals surface area contributed by atoms with Crippen LogP contribution in [0.1, 0.15) is 38.3 Å². The smallest absolute Gasteiger partial charge is 0.237 e. The van der Waals surface area contributed by atoms with Crippen LogP contribution >= 0.6 is 11.6 Å². The number of hydrogen-bond donors (Lipinski definition) is 2. The van der Waals surface area contributed by atoms with Crippen LogP contribution in [-0.4, -0.2) is 11.9 Å². The molecule has 1 unspecified atom stereocenters. The van der Waals surface area contributed by atoms with Crippen molar-refractivity contribution in [1.82, 2.24) is 5.32 Å². The summed E-state index contributed by atoms with van der Waals surface area (Å²) < 4.78 is 0. The number of carbonyl (C=O) groups is 1. The van der Waals surface area contributed by atoms with E-state index in [1.165, 1.54) is 0 Å². The second-order valence-corrected chi connectivity index (χ2v) is 4.62. The molecule has 94 valence electrons. The highest BCUT2D eigenvalue weighted by molar-refractivity contribution is 6.30. The Kier molecular flexibility index (Phi) is 5.45. The summed E-state index contributed by atoms with van der Waals surface area (Å²) in [5.41, 5.74) is 6.73. The second kappa shape index (κ2) is 6.62. The largest absolute Gasteiger partial charge is 0.348 e. The molecule has 0 aliphatic heterocycles. The molecule has 1 amide bonds. The van der Waals surface area contributed by atoms with Gasteiger partial charge in [-0.3, -0.25) is 4.79 Å². The highest BCUT2D eigenvalue weighted by Gasteiger charge is 2.15. The number of carbonyl (C=O) groups excluding carboxylic acids is 1. The summed E-state index contributed by atoms with van der Waals surface area (Å²) in [7, 11) is 0. The summed E-state index contributed by atoms with van der Waals surface area (Å²) in [6, 6.07) is 6.94. The Morgan fingerprint density at radius 3 is 2.82 bits per heavy atom. The van der Waals surface area contributed by atoms with Crippen LogP contribution in [0.25, 0.3) is 0 Å². The van der Waals surface area contributed by atoms with Gasteiger partial charge in [0.1, 0.15) is 0 Å². The molecule has 17 heavy (non-hydrogen) atoms. The quantitative estimate of drug-likeness (QED) is 0.849. The fourth-order valence-corrected chi connectivity index (χ4v) is 1.82. The van der Waals surface area contributed by atoms with Crippen LogP contribution in [-0.2, 0) is 4.79 Å². The molecule has 0 heterocycles. The third-order valence-corrected chi connectivity index (χ3v) is 2.88. The summed E-state index contributed by atoms with van der Waals surface area (Å²) >= 11 is 5.90. The van der Waals surface area contributed by atoms with Crippen LogP contribution in [0.15, 0.2) is 24.3 Å². The lowest BCUT2D eigenvalue weighted by Gasteiger charge is -2.17. The van der Waals surface area contributed by atoms with Gasteiger partial charge in [-0.05, 0) is 31.0 Å². The zero-order chi connectivity index (χ0) is 12.8. The summed E-state index contributed by atoms with van der Waals surface area (Å²) in [6.07, 6.45) is 1.61. The molecule has 1 rings (SSSR count). The predicted molar refractivity (Wildman–Crippen MR) is 70.9 cm³/mol. The summed E-state index contributed by atoms with van der Waals surface area (Å²) in [5.74, 6) is -0.112. The first kappa shape index (κ1) is 14.0. The molecule has 0 saturated heterocycles. The van der Waals surface area contributed by atoms with Gasteiger partial charge in [0.05, 0.1) is 12.1 Å². The molecule has 0 saturated carbocycles. The average molecular weight is 255 g/mol. The number of rotatable bonds is 5. The number of hydrogen-bond acceptors (Lipinski definition) is 2. The molecule has 4 heteroatoms. The van der Waals surface area contributed by atoms with Crippen molar-refractivity contribution in [3.8, 4) is 0 Å². The highest BCUT2D eigenvalue weighted by atomic mass is 35.5. The van der Waals surface area contributed by atoms with Gasteiger partial charge in [0.2, 0.25) is 5.91 Å². The zero-order valence-electron chi connectivity index (χ0n) is 10.2. The first-order valence-corrected chi connectivity index (χ1v) is 6.23. The van der Waals surface area contributed by atoms with Crippen molar-refractivity contribution in [3.05, 3.63) is 34.9 Å². The molecule has 1 aromatic carbocycles. The van der Waals surface area contributed by atoms with E-state index in [9.17, 15) is 4.79 Å². The van der Waals surface area contributed by atoms with Crippen LogP contribution in [0.5, 0.6) is 0 Å². The predicted octanol–water partition coefficient (Wildman–Crippen LogP) is 2.64. The van der Waals surface area contributed by atoms with Gasteiger partial charge in [-0.15, -0.1) is 0 Å². The van der Waals surface area contributed by atoms with E-state index in [0.29, 0.717) is 11.4 Å². The van der Waals surface area contributed by atoms with Gasteiger partial charge in [0, 0.05) is 5.02 Å². The minimum absolute atomic E-state index is 0.0795. The molecule has 0 spiro atoms. The summed E-state index contributed by atoms with van der Waals surface area (Å²) in [6.45, 7) is 3.93. The van der Waals surface area contributed by atoms with E-state index < -0.39 is 6.04 Å². The lowest BCUT2D eigenvalue weighted by atomic mass is 10.1. The molecule has 0 aliphatic carbocycles. The van der Waals surface area contributed by atoms with Crippen LogP contribution < -0.4 is 11.1 Å². The molecule has 3 nitrogen and oxygen atoms in total. The number of amides is 1. The van der Waals surface area contributed by atoms with E-state index in [0.717, 1.165) is 12.0 Å². The van der Waals surface area contributed by atoms with E-state index in [4.69, 9.17) is 17.3 Å². The molecule has 0 fully saturated rings. The molecule has 0 aromatic heterocycles. The Balaban J connectivity index is 2.60. The third-order valence-electron chi connectivity index (χ3n) is 2.64. The molecule has 0 bridgehead atoms. The molecular weight excluding hydrogens is 236 g/mol. The van der Waals surface area contributed by atoms with E-state index in [1.54, 1.807) is 0 Å². The number of nitrogens with one attached hydrogen (secondary N) is 1. The fraction of sp³-hybridized carbons (Fsp3) is 0.462. The topological polar surface area (TPSA) is 55.1 Å². The van der Waals surface area contributed by atoms with E-state index in [1.807, 2.05) is 38.1 Å². The van der Waals surface area contributed by atoms with Crippen molar-refractivity contribution in [2.24, 2.45) is 5.73 Å². The van der Waals surface area contributed by atoms with Crippen molar-refractivity contribution in [1.29, 1.82) is 0 Å². The number of halogens is 1. The first-order valence-electron chi connectivity index (χ1n) is 5.86. The van der Waals surface area contributed by atoms with Crippen LogP contribution in [0.2, 0.25) is 5.02 Å². The molecule has 1 aromatic rings. The Morgan fingerprint density at radius 1 is 1.53 bits per heavy atom. The molecule has 2 atom stereocenters. The average Bonchev–Trinajstić information content (AvgIpc) is 2.29. The van der Waals surface area contributed by atoms with E-state index in [-0.39, 0.29) is 11.9 Å². The Bertz CT molecular complexity index is 381. The van der Waals surface area contributed by atoms with Crippen LogP contribution in [0, 0.1) is 0 Å². The maximum absolute atomic E-state index is 11.7. The van der Waals surface area contributed by atoms with Gasteiger partial charge in [0.25, 0.3) is 0 Å². The first-order chi connectivity index (χ1) is 8.04. The Hall–Kier alpha value is -1.06. The Labute approximate surface area is 107 Å². The standard InChI is InChI=1S/C13H19ClN2O/c1-3-5-12(15)13(17)16-9(2)10-6-4-7-11(14)8-10/h4,6-9,12H,3,5,15H2,1-2H3,(H,16,17)/t9?,12-/m1/s1. The van der Waals surface area contributed by atoms with Crippen molar-refractivity contribution >= 4 is 17.5 Å². The van der Waals surface area contributed by atoms with Crippen LogP contribution in [0.4, 0.5) is 0 Å². The minimum Gasteiger partial charge on any atom is -0.348 e. The maximum atomic E-state index is 11.7. The van der Waals surface area contributed by atoms with Crippen molar-refractivity contribution < 1.29 is 4.79 Å². The van der Waals surface area contributed by atoms with Gasteiger partial charge in [-0.25, -0.2) is 0 Å². The normalized spacial score (nSPS) is 14.1. The summed E-state index contributed by atoms with van der Waals surface area (Å²) in [4.78, 5) is 11.7. The monoisotopic (exact) mass is 254 g/mol. The van der Waals surface area contributed by atoms with Gasteiger partial charge >= 0.3 is 0 Å². The zero-order valence-corrected chi connectivity index (χ0v) is 11.0. The third kappa shape index (κ3) is 4.36. The maximum Gasteiger partial charge on any atom is 0.237 e. The lowest BCUT2D eigenvalue weighted by molar-refractivity contribution is -0.123. The van der Waals surface area contributed by atoms with E-state index in [2.05, 4.69) is 5.32 Å². The van der Waals surface area contributed by atoms with Crippen molar-refractivity contribution in [2.45, 2.75) is 38.8 Å². The molecule has 3 N–H and O–H groups in total. The van der Waals surface area contributed by atoms with Crippen molar-refractivity contribution in [3.63, 3.8) is 0 Å². The lowest BCUT2D eigenvalue weighted by Crippen LogP contribution is -2.41. The van der Waals surface area contributed by atoms with E-state index >= 15 is 0 Å². The van der Waals surface area contributed by atoms with Gasteiger partial charge < -0.3 is 11.1 Å². The second-order valence-electron chi connectivity index (χ2n) is 4.18. The van der Waals surface area contributed by atoms with Gasteiger partial charge in [-0.2, -0.15) is 0 Å². The molecular formula is C13H19ClN2O. The molecule has 0 aliphatic rings. The molecule has 0 radical (unpaired) electrons. The van der Waals surface area contributed by atoms with Gasteiger partial charge in [-0.1, -0.05) is 37.1 Å². The minimum atomic E-state index is -0.429. The fourth-order valence-electron chi connectivity index (χ4n) is 1.62. The SMILES string of the molecule is CCC[C@@H](N)C(=O)NC(C)c1cccc(Cl)c1. The number of benzene rings is 1. The summed E-state index contributed by atoms with van der Waals surface area (Å²) in [5, 5.41) is 3.55. The Morgan fingerprint density at radius 2 is 2.24 bits per heavy atom. The number of nitrogens with two attached hydrogens (primary N) is 1. The highest BCUT2D eigenvalue weighted by Crippen LogP contribution is 2.17. The van der Waals surface area contributed by atoms with Crippen LogP contribution in [0.3, 0.4) is 0 Å². The van der Waals surface area contributed by atoms with Gasteiger partial charge in [0.15, 0.2) is 0 Å².